The molecule has 0 spiro atoms. The number of ether oxygens (including phenoxy) is 1. The average Bonchev–Trinajstić information content (AvgIpc) is 3.37. The highest BCUT2D eigenvalue weighted by atomic mass is 32.2. The number of carbonyl (C=O) groups is 2. The Morgan fingerprint density at radius 2 is 2.04 bits per heavy atom. The van der Waals surface area contributed by atoms with E-state index in [2.05, 4.69) is 4.72 Å². The van der Waals surface area contributed by atoms with Crippen molar-refractivity contribution < 1.29 is 22.7 Å². The van der Waals surface area contributed by atoms with Gasteiger partial charge < -0.3 is 9.64 Å². The number of rotatable bonds is 8. The Morgan fingerprint density at radius 3 is 2.67 bits per heavy atom. The summed E-state index contributed by atoms with van der Waals surface area (Å²) in [6, 6.07) is 5.79. The first-order chi connectivity index (χ1) is 11.3. The van der Waals surface area contributed by atoms with Crippen LogP contribution < -0.4 is 4.72 Å². The molecule has 0 bridgehead atoms. The Balaban J connectivity index is 2.07. The van der Waals surface area contributed by atoms with Gasteiger partial charge in [-0.1, -0.05) is 6.07 Å². The molecular weight excluding hydrogens is 332 g/mol. The molecule has 24 heavy (non-hydrogen) atoms. The predicted molar refractivity (Wildman–Crippen MR) is 87.9 cm³/mol. The summed E-state index contributed by atoms with van der Waals surface area (Å²) in [5.41, 5.74) is 0.205. The maximum atomic E-state index is 12.3. The zero-order valence-corrected chi connectivity index (χ0v) is 14.6. The third-order valence-corrected chi connectivity index (χ3v) is 5.09. The van der Waals surface area contributed by atoms with Crippen molar-refractivity contribution in [1.82, 2.24) is 9.62 Å². The second-order valence-corrected chi connectivity index (χ2v) is 7.56. The maximum absolute atomic E-state index is 12.3. The minimum atomic E-state index is -3.64. The fourth-order valence-electron chi connectivity index (χ4n) is 2.12. The summed E-state index contributed by atoms with van der Waals surface area (Å²) < 4.78 is 31.9. The van der Waals surface area contributed by atoms with Gasteiger partial charge in [0.25, 0.3) is 5.91 Å². The van der Waals surface area contributed by atoms with E-state index in [0.717, 1.165) is 12.8 Å². The molecule has 1 aromatic carbocycles. The number of carbonyl (C=O) groups excluding carboxylic acids is 2. The lowest BCUT2D eigenvalue weighted by Gasteiger charge is -2.16. The molecule has 7 nitrogen and oxygen atoms in total. The van der Waals surface area contributed by atoms with E-state index in [1.54, 1.807) is 6.92 Å². The van der Waals surface area contributed by atoms with Crippen LogP contribution in [0.2, 0.25) is 0 Å². The highest BCUT2D eigenvalue weighted by Gasteiger charge is 2.25. The minimum absolute atomic E-state index is 0.0403. The van der Waals surface area contributed by atoms with Crippen molar-refractivity contribution in [2.24, 2.45) is 5.92 Å². The zero-order valence-electron chi connectivity index (χ0n) is 13.8. The van der Waals surface area contributed by atoms with Gasteiger partial charge in [0.1, 0.15) is 6.54 Å². The molecule has 1 fully saturated rings. The molecule has 1 saturated carbocycles. The number of hydrogen-bond acceptors (Lipinski definition) is 5. The van der Waals surface area contributed by atoms with Crippen LogP contribution in [-0.4, -0.2) is 51.9 Å². The van der Waals surface area contributed by atoms with Gasteiger partial charge in [0.05, 0.1) is 11.5 Å². The number of esters is 1. The van der Waals surface area contributed by atoms with Crippen LogP contribution in [0.1, 0.15) is 30.1 Å². The second kappa shape index (κ2) is 7.76. The molecule has 0 heterocycles. The number of benzene rings is 1. The Labute approximate surface area is 142 Å². The first-order valence-electron chi connectivity index (χ1n) is 7.84. The largest absolute Gasteiger partial charge is 0.465 e. The van der Waals surface area contributed by atoms with Gasteiger partial charge in [-0.3, -0.25) is 9.59 Å². The minimum Gasteiger partial charge on any atom is -0.465 e. The van der Waals surface area contributed by atoms with Crippen LogP contribution in [0, 0.1) is 5.92 Å². The molecule has 0 unspecified atom stereocenters. The van der Waals surface area contributed by atoms with Crippen molar-refractivity contribution in [3.05, 3.63) is 29.8 Å². The molecule has 8 heteroatoms. The lowest BCUT2D eigenvalue weighted by atomic mass is 10.2. The summed E-state index contributed by atoms with van der Waals surface area (Å²) in [5.74, 6) is -0.536. The van der Waals surface area contributed by atoms with Gasteiger partial charge in [0, 0.05) is 19.2 Å². The molecule has 1 aliphatic rings. The Bertz CT molecular complexity index is 713. The standard InChI is InChI=1S/C16H22N2O5S/c1-3-23-15(19)11-18(2)16(20)13-5-4-6-14(9-13)24(21,22)17-10-12-7-8-12/h4-6,9,12,17H,3,7-8,10-11H2,1-2H3. The molecule has 1 aromatic rings. The molecule has 1 aliphatic carbocycles. The highest BCUT2D eigenvalue weighted by molar-refractivity contribution is 7.89. The highest BCUT2D eigenvalue weighted by Crippen LogP contribution is 2.28. The quantitative estimate of drug-likeness (QED) is 0.703. The van der Waals surface area contributed by atoms with E-state index in [1.165, 1.54) is 36.2 Å². The van der Waals surface area contributed by atoms with Crippen LogP contribution in [0.5, 0.6) is 0 Å². The Hall–Kier alpha value is -1.93. The van der Waals surface area contributed by atoms with E-state index in [4.69, 9.17) is 4.74 Å². The monoisotopic (exact) mass is 354 g/mol. The number of hydrogen-bond donors (Lipinski definition) is 1. The number of nitrogens with one attached hydrogen (secondary N) is 1. The summed E-state index contributed by atoms with van der Waals surface area (Å²) >= 11 is 0. The van der Waals surface area contributed by atoms with Crippen molar-refractivity contribution >= 4 is 21.9 Å². The lowest BCUT2D eigenvalue weighted by Crippen LogP contribution is -2.33. The summed E-state index contributed by atoms with van der Waals surface area (Å²) in [4.78, 5) is 25.0. The van der Waals surface area contributed by atoms with Crippen LogP contribution >= 0.6 is 0 Å². The molecule has 0 aromatic heterocycles. The van der Waals surface area contributed by atoms with Gasteiger partial charge in [-0.2, -0.15) is 0 Å². The second-order valence-electron chi connectivity index (χ2n) is 5.79. The van der Waals surface area contributed by atoms with Crippen LogP contribution in [0.25, 0.3) is 0 Å². The van der Waals surface area contributed by atoms with E-state index in [9.17, 15) is 18.0 Å². The van der Waals surface area contributed by atoms with Gasteiger partial charge in [0.2, 0.25) is 10.0 Å². The summed E-state index contributed by atoms with van der Waals surface area (Å²) in [5, 5.41) is 0. The summed E-state index contributed by atoms with van der Waals surface area (Å²) in [6.45, 7) is 2.15. The fourth-order valence-corrected chi connectivity index (χ4v) is 3.28. The summed E-state index contributed by atoms with van der Waals surface area (Å²) in [7, 11) is -2.18. The predicted octanol–water partition coefficient (Wildman–Crippen LogP) is 1.01. The van der Waals surface area contributed by atoms with Gasteiger partial charge in [-0.25, -0.2) is 13.1 Å². The molecular formula is C16H22N2O5S. The fraction of sp³-hybridized carbons (Fsp3) is 0.500. The van der Waals surface area contributed by atoms with Crippen LogP contribution in [0.3, 0.4) is 0 Å². The molecule has 1 N–H and O–H groups in total. The number of nitrogens with zero attached hydrogens (tertiary/aromatic N) is 1. The molecule has 0 saturated heterocycles. The van der Waals surface area contributed by atoms with Crippen molar-refractivity contribution in [2.45, 2.75) is 24.7 Å². The van der Waals surface area contributed by atoms with Crippen molar-refractivity contribution in [3.8, 4) is 0 Å². The van der Waals surface area contributed by atoms with Crippen molar-refractivity contribution in [2.75, 3.05) is 26.7 Å². The number of likely N-dealkylation sites (N-methyl/N-ethyl adjacent to an activating group) is 1. The third-order valence-electron chi connectivity index (χ3n) is 3.67. The molecule has 2 rings (SSSR count). The molecule has 0 aliphatic heterocycles. The Morgan fingerprint density at radius 1 is 1.33 bits per heavy atom. The SMILES string of the molecule is CCOC(=O)CN(C)C(=O)c1cccc(S(=O)(=O)NCC2CC2)c1. The smallest absolute Gasteiger partial charge is 0.325 e. The van der Waals surface area contributed by atoms with Crippen LogP contribution in [0.4, 0.5) is 0 Å². The van der Waals surface area contributed by atoms with Gasteiger partial charge >= 0.3 is 5.97 Å². The lowest BCUT2D eigenvalue weighted by molar-refractivity contribution is -0.143. The van der Waals surface area contributed by atoms with E-state index < -0.39 is 21.9 Å². The Kier molecular flexibility index (Phi) is 5.95. The first-order valence-corrected chi connectivity index (χ1v) is 9.32. The summed E-state index contributed by atoms with van der Waals surface area (Å²) in [6.07, 6.45) is 2.08. The first kappa shape index (κ1) is 18.4. The van der Waals surface area contributed by atoms with Crippen molar-refractivity contribution in [1.29, 1.82) is 0 Å². The molecule has 0 radical (unpaired) electrons. The topological polar surface area (TPSA) is 92.8 Å². The average molecular weight is 354 g/mol. The van der Waals surface area contributed by atoms with E-state index >= 15 is 0 Å². The van der Waals surface area contributed by atoms with Crippen LogP contribution in [0.15, 0.2) is 29.2 Å². The van der Waals surface area contributed by atoms with Crippen LogP contribution in [-0.2, 0) is 19.6 Å². The van der Waals surface area contributed by atoms with E-state index in [-0.39, 0.29) is 23.6 Å². The normalized spacial score (nSPS) is 14.2. The van der Waals surface area contributed by atoms with Crippen molar-refractivity contribution in [3.63, 3.8) is 0 Å². The van der Waals surface area contributed by atoms with Gasteiger partial charge in [0.15, 0.2) is 0 Å². The zero-order chi connectivity index (χ0) is 17.7. The molecule has 0 atom stereocenters. The third kappa shape index (κ3) is 5.04. The molecule has 132 valence electrons. The van der Waals surface area contributed by atoms with Gasteiger partial charge in [-0.15, -0.1) is 0 Å². The van der Waals surface area contributed by atoms with Gasteiger partial charge in [-0.05, 0) is 43.9 Å². The molecule has 1 amide bonds. The number of amides is 1. The van der Waals surface area contributed by atoms with E-state index in [0.29, 0.717) is 12.5 Å². The van der Waals surface area contributed by atoms with E-state index in [1.807, 2.05) is 0 Å². The number of sulfonamides is 1. The maximum Gasteiger partial charge on any atom is 0.325 e.